The van der Waals surface area contributed by atoms with Crippen LogP contribution in [0.5, 0.6) is 0 Å². The molecule has 0 aliphatic carbocycles. The summed E-state index contributed by atoms with van der Waals surface area (Å²) in [6.07, 6.45) is 0. The van der Waals surface area contributed by atoms with Crippen LogP contribution in [-0.2, 0) is 0 Å². The molecule has 1 fully saturated rings. The first-order chi connectivity index (χ1) is 8.75. The Morgan fingerprint density at radius 2 is 2.00 bits per heavy atom. The van der Waals surface area contributed by atoms with Crippen LogP contribution >= 0.6 is 23.4 Å². The van der Waals surface area contributed by atoms with Gasteiger partial charge >= 0.3 is 0 Å². The van der Waals surface area contributed by atoms with Crippen molar-refractivity contribution in [2.75, 3.05) is 29.5 Å². The van der Waals surface area contributed by atoms with Gasteiger partial charge in [-0.25, -0.2) is 9.37 Å². The van der Waals surface area contributed by atoms with Gasteiger partial charge in [0.2, 0.25) is 0 Å². The van der Waals surface area contributed by atoms with Gasteiger partial charge in [-0.15, -0.1) is 0 Å². The highest BCUT2D eigenvalue weighted by Gasteiger charge is 2.17. The van der Waals surface area contributed by atoms with Gasteiger partial charge < -0.3 is 4.90 Å². The average molecular weight is 283 g/mol. The molecule has 0 unspecified atom stereocenters. The van der Waals surface area contributed by atoms with Crippen molar-refractivity contribution in [1.82, 2.24) is 4.98 Å². The first kappa shape index (κ1) is 12.1. The van der Waals surface area contributed by atoms with Crippen molar-refractivity contribution in [2.45, 2.75) is 0 Å². The van der Waals surface area contributed by atoms with E-state index in [4.69, 9.17) is 11.6 Å². The quantitative estimate of drug-likeness (QED) is 0.744. The smallest absolute Gasteiger partial charge is 0.138 e. The molecule has 1 aliphatic rings. The van der Waals surface area contributed by atoms with E-state index in [2.05, 4.69) is 9.88 Å². The molecule has 0 saturated carbocycles. The number of hydrogen-bond donors (Lipinski definition) is 0. The largest absolute Gasteiger partial charge is 0.354 e. The molecule has 3 rings (SSSR count). The van der Waals surface area contributed by atoms with Crippen LogP contribution in [0.3, 0.4) is 0 Å². The van der Waals surface area contributed by atoms with Crippen LogP contribution in [0.25, 0.3) is 10.8 Å². The van der Waals surface area contributed by atoms with Crippen LogP contribution in [0.15, 0.2) is 24.3 Å². The number of benzene rings is 1. The van der Waals surface area contributed by atoms with E-state index < -0.39 is 0 Å². The summed E-state index contributed by atoms with van der Waals surface area (Å²) < 4.78 is 13.8. The van der Waals surface area contributed by atoms with Gasteiger partial charge in [0, 0.05) is 35.4 Å². The summed E-state index contributed by atoms with van der Waals surface area (Å²) >= 11 is 7.93. The van der Waals surface area contributed by atoms with E-state index in [-0.39, 0.29) is 5.82 Å². The fraction of sp³-hybridized carbons (Fsp3) is 0.308. The summed E-state index contributed by atoms with van der Waals surface area (Å²) in [6.45, 7) is 1.87. The number of pyridine rings is 1. The van der Waals surface area contributed by atoms with Crippen LogP contribution in [0, 0.1) is 5.82 Å². The number of halogens is 2. The van der Waals surface area contributed by atoms with Gasteiger partial charge in [0.15, 0.2) is 0 Å². The highest BCUT2D eigenvalue weighted by atomic mass is 35.5. The number of fused-ring (bicyclic) bond motifs is 1. The Kier molecular flexibility index (Phi) is 3.31. The van der Waals surface area contributed by atoms with Crippen LogP contribution < -0.4 is 4.90 Å². The first-order valence-electron chi connectivity index (χ1n) is 5.83. The van der Waals surface area contributed by atoms with Gasteiger partial charge in [0.05, 0.1) is 0 Å². The Balaban J connectivity index is 2.18. The van der Waals surface area contributed by atoms with Gasteiger partial charge in [-0.3, -0.25) is 0 Å². The second-order valence-corrected chi connectivity index (χ2v) is 5.81. The Hall–Kier alpha value is -1.00. The Labute approximate surface area is 114 Å². The Morgan fingerprint density at radius 1 is 1.22 bits per heavy atom. The molecule has 2 heterocycles. The molecule has 0 amide bonds. The van der Waals surface area contributed by atoms with E-state index in [1.54, 1.807) is 12.1 Å². The summed E-state index contributed by atoms with van der Waals surface area (Å²) in [5.74, 6) is 2.71. The number of aromatic nitrogens is 1. The predicted octanol–water partition coefficient (Wildman–Crippen LogP) is 3.58. The summed E-state index contributed by atoms with van der Waals surface area (Å²) in [6, 6.07) is 6.66. The lowest BCUT2D eigenvalue weighted by Crippen LogP contribution is -2.33. The molecule has 2 aromatic rings. The minimum atomic E-state index is -0.246. The van der Waals surface area contributed by atoms with Crippen LogP contribution in [0.2, 0.25) is 5.15 Å². The first-order valence-corrected chi connectivity index (χ1v) is 7.36. The van der Waals surface area contributed by atoms with Gasteiger partial charge in [-0.2, -0.15) is 11.8 Å². The highest BCUT2D eigenvalue weighted by Crippen LogP contribution is 2.30. The summed E-state index contributed by atoms with van der Waals surface area (Å²) in [4.78, 5) is 6.57. The second kappa shape index (κ2) is 4.94. The van der Waals surface area contributed by atoms with Crippen molar-refractivity contribution in [3.8, 4) is 0 Å². The fourth-order valence-corrected chi connectivity index (χ4v) is 3.30. The van der Waals surface area contributed by atoms with Gasteiger partial charge in [0.25, 0.3) is 0 Å². The lowest BCUT2D eigenvalue weighted by Gasteiger charge is -2.28. The zero-order chi connectivity index (χ0) is 12.5. The molecular weight excluding hydrogens is 271 g/mol. The van der Waals surface area contributed by atoms with E-state index in [9.17, 15) is 4.39 Å². The molecule has 0 spiro atoms. The number of anilines is 1. The number of rotatable bonds is 1. The highest BCUT2D eigenvalue weighted by molar-refractivity contribution is 7.99. The fourth-order valence-electron chi connectivity index (χ4n) is 2.21. The molecule has 94 valence electrons. The second-order valence-electron chi connectivity index (χ2n) is 4.20. The summed E-state index contributed by atoms with van der Waals surface area (Å²) in [5, 5.41) is 1.73. The molecule has 1 aromatic heterocycles. The zero-order valence-electron chi connectivity index (χ0n) is 9.70. The van der Waals surface area contributed by atoms with Crippen molar-refractivity contribution >= 4 is 40.0 Å². The molecule has 1 saturated heterocycles. The van der Waals surface area contributed by atoms with E-state index in [0.717, 1.165) is 35.8 Å². The van der Waals surface area contributed by atoms with Crippen LogP contribution in [-0.4, -0.2) is 29.6 Å². The van der Waals surface area contributed by atoms with E-state index >= 15 is 0 Å². The molecule has 0 N–H and O–H groups in total. The van der Waals surface area contributed by atoms with Crippen molar-refractivity contribution in [3.05, 3.63) is 35.2 Å². The SMILES string of the molecule is Fc1cccc2c(N3CCSCC3)nc(Cl)cc12. The third kappa shape index (κ3) is 2.15. The topological polar surface area (TPSA) is 16.1 Å². The number of hydrogen-bond acceptors (Lipinski definition) is 3. The van der Waals surface area contributed by atoms with E-state index in [1.807, 2.05) is 17.8 Å². The average Bonchev–Trinajstić information content (AvgIpc) is 2.40. The summed E-state index contributed by atoms with van der Waals surface area (Å²) in [5.41, 5.74) is 0. The van der Waals surface area contributed by atoms with Crippen molar-refractivity contribution < 1.29 is 4.39 Å². The normalized spacial score (nSPS) is 16.2. The maximum atomic E-state index is 13.8. The monoisotopic (exact) mass is 282 g/mol. The van der Waals surface area contributed by atoms with Gasteiger partial charge in [-0.05, 0) is 12.1 Å². The number of nitrogens with zero attached hydrogens (tertiary/aromatic N) is 2. The molecule has 18 heavy (non-hydrogen) atoms. The molecule has 0 bridgehead atoms. The standard InChI is InChI=1S/C13H12ClFN2S/c14-12-8-10-9(2-1-3-11(10)15)13(16-12)17-4-6-18-7-5-17/h1-3,8H,4-7H2. The van der Waals surface area contributed by atoms with E-state index in [1.165, 1.54) is 6.07 Å². The number of thioether (sulfide) groups is 1. The maximum absolute atomic E-state index is 13.8. The van der Waals surface area contributed by atoms with Crippen molar-refractivity contribution in [3.63, 3.8) is 0 Å². The minimum absolute atomic E-state index is 0.246. The van der Waals surface area contributed by atoms with E-state index in [0.29, 0.717) is 10.5 Å². The van der Waals surface area contributed by atoms with Crippen LogP contribution in [0.4, 0.5) is 10.2 Å². The van der Waals surface area contributed by atoms with Gasteiger partial charge in [-0.1, -0.05) is 23.7 Å². The van der Waals surface area contributed by atoms with Crippen molar-refractivity contribution in [2.24, 2.45) is 0 Å². The molecule has 2 nitrogen and oxygen atoms in total. The minimum Gasteiger partial charge on any atom is -0.354 e. The summed E-state index contributed by atoms with van der Waals surface area (Å²) in [7, 11) is 0. The molecule has 1 aromatic carbocycles. The third-order valence-electron chi connectivity index (χ3n) is 3.08. The lowest BCUT2D eigenvalue weighted by molar-refractivity contribution is 0.639. The zero-order valence-corrected chi connectivity index (χ0v) is 11.3. The lowest BCUT2D eigenvalue weighted by atomic mass is 10.1. The molecule has 1 aliphatic heterocycles. The van der Waals surface area contributed by atoms with Gasteiger partial charge in [0.1, 0.15) is 16.8 Å². The third-order valence-corrected chi connectivity index (χ3v) is 4.22. The predicted molar refractivity (Wildman–Crippen MR) is 76.2 cm³/mol. The molecule has 0 atom stereocenters. The Bertz CT molecular complexity index is 584. The Morgan fingerprint density at radius 3 is 2.78 bits per heavy atom. The molecule has 5 heteroatoms. The van der Waals surface area contributed by atoms with Crippen LogP contribution in [0.1, 0.15) is 0 Å². The van der Waals surface area contributed by atoms with Crippen molar-refractivity contribution in [1.29, 1.82) is 0 Å². The molecular formula is C13H12ClFN2S. The maximum Gasteiger partial charge on any atom is 0.138 e. The molecule has 0 radical (unpaired) electrons.